The predicted molar refractivity (Wildman–Crippen MR) is 150 cm³/mol. The summed E-state index contributed by atoms with van der Waals surface area (Å²) >= 11 is 6.46. The molecule has 9 nitrogen and oxygen atoms in total. The van der Waals surface area contributed by atoms with Crippen molar-refractivity contribution in [3.05, 3.63) is 65.2 Å². The first-order valence-corrected chi connectivity index (χ1v) is 14.3. The molecular formula is C27H29ClN6O3S. The molecule has 0 saturated carbocycles. The van der Waals surface area contributed by atoms with E-state index < -0.39 is 10.0 Å². The molecule has 1 aromatic heterocycles. The second kappa shape index (κ2) is 11.2. The normalized spacial score (nSPS) is 14.2. The number of fused-ring (bicyclic) bond motifs is 1. The van der Waals surface area contributed by atoms with Gasteiger partial charge in [0.05, 0.1) is 17.5 Å². The second-order valence-electron chi connectivity index (χ2n) is 9.23. The summed E-state index contributed by atoms with van der Waals surface area (Å²) in [7, 11) is -1.96. The molecular weight excluding hydrogens is 524 g/mol. The van der Waals surface area contributed by atoms with Gasteiger partial charge < -0.3 is 15.0 Å². The van der Waals surface area contributed by atoms with Gasteiger partial charge in [-0.15, -0.1) is 10.2 Å². The van der Waals surface area contributed by atoms with E-state index in [1.807, 2.05) is 31.2 Å². The largest absolute Gasteiger partial charge is 0.497 e. The minimum Gasteiger partial charge on any atom is -0.497 e. The quantitative estimate of drug-likeness (QED) is 0.305. The molecule has 0 aliphatic carbocycles. The van der Waals surface area contributed by atoms with E-state index in [9.17, 15) is 8.42 Å². The number of aryl methyl sites for hydroxylation is 1. The van der Waals surface area contributed by atoms with E-state index in [-0.39, 0.29) is 4.90 Å². The van der Waals surface area contributed by atoms with Crippen LogP contribution >= 0.6 is 11.6 Å². The Labute approximate surface area is 227 Å². The molecule has 0 bridgehead atoms. The molecule has 0 atom stereocenters. The van der Waals surface area contributed by atoms with Crippen LogP contribution in [0.2, 0.25) is 5.02 Å². The van der Waals surface area contributed by atoms with Crippen LogP contribution in [0.5, 0.6) is 5.75 Å². The number of nitrogens with one attached hydrogen (secondary N) is 2. The van der Waals surface area contributed by atoms with Crippen LogP contribution in [0.1, 0.15) is 18.4 Å². The number of methoxy groups -OCH3 is 1. The molecule has 1 saturated heterocycles. The third-order valence-corrected chi connectivity index (χ3v) is 8.41. The Morgan fingerprint density at radius 1 is 0.974 bits per heavy atom. The van der Waals surface area contributed by atoms with Crippen molar-refractivity contribution in [2.24, 2.45) is 0 Å². The first kappa shape index (κ1) is 26.3. The first-order valence-electron chi connectivity index (χ1n) is 12.4. The number of halogens is 1. The molecule has 38 heavy (non-hydrogen) atoms. The first-order chi connectivity index (χ1) is 18.3. The molecule has 3 aromatic carbocycles. The molecule has 198 valence electrons. The monoisotopic (exact) mass is 552 g/mol. The zero-order chi connectivity index (χ0) is 26.7. The van der Waals surface area contributed by atoms with Gasteiger partial charge in [-0.25, -0.2) is 18.1 Å². The molecule has 2 N–H and O–H groups in total. The maximum atomic E-state index is 12.6. The third-order valence-electron chi connectivity index (χ3n) is 6.60. The average Bonchev–Trinajstić information content (AvgIpc) is 3.42. The van der Waals surface area contributed by atoms with Gasteiger partial charge in [-0.2, -0.15) is 0 Å². The molecule has 2 heterocycles. The zero-order valence-corrected chi connectivity index (χ0v) is 22.8. The Hall–Kier alpha value is -3.31. The van der Waals surface area contributed by atoms with Crippen molar-refractivity contribution in [2.75, 3.05) is 38.6 Å². The van der Waals surface area contributed by atoms with Crippen molar-refractivity contribution in [1.29, 1.82) is 0 Å². The van der Waals surface area contributed by atoms with E-state index in [2.05, 4.69) is 30.1 Å². The van der Waals surface area contributed by atoms with E-state index in [0.29, 0.717) is 40.0 Å². The summed E-state index contributed by atoms with van der Waals surface area (Å²) in [5, 5.41) is 12.3. The van der Waals surface area contributed by atoms with Crippen molar-refractivity contribution in [2.45, 2.75) is 24.7 Å². The SMILES string of the molecule is COc1ccc(Cl)c(-c2cc3nnc(Nc4ccc(S(=O)(=O)NCCN5CCCC5)cc4)nc3cc2C)c1. The lowest BCUT2D eigenvalue weighted by molar-refractivity contribution is 0.344. The fourth-order valence-corrected chi connectivity index (χ4v) is 5.78. The van der Waals surface area contributed by atoms with Gasteiger partial charge in [0.2, 0.25) is 16.0 Å². The van der Waals surface area contributed by atoms with Crippen LogP contribution in [0.25, 0.3) is 22.2 Å². The number of hydrogen-bond acceptors (Lipinski definition) is 8. The molecule has 0 spiro atoms. The lowest BCUT2D eigenvalue weighted by Gasteiger charge is -2.15. The van der Waals surface area contributed by atoms with Crippen LogP contribution in [0, 0.1) is 6.92 Å². The smallest absolute Gasteiger partial charge is 0.247 e. The molecule has 4 aromatic rings. The van der Waals surface area contributed by atoms with Crippen LogP contribution in [0.3, 0.4) is 0 Å². The van der Waals surface area contributed by atoms with Crippen LogP contribution in [0.15, 0.2) is 59.5 Å². The van der Waals surface area contributed by atoms with E-state index in [1.165, 1.54) is 12.8 Å². The van der Waals surface area contributed by atoms with Crippen LogP contribution in [-0.4, -0.2) is 61.8 Å². The van der Waals surface area contributed by atoms with Gasteiger partial charge in [-0.3, -0.25) is 0 Å². The van der Waals surface area contributed by atoms with Crippen LogP contribution in [-0.2, 0) is 10.0 Å². The van der Waals surface area contributed by atoms with Gasteiger partial charge in [0.25, 0.3) is 0 Å². The van der Waals surface area contributed by atoms with Crippen molar-refractivity contribution >= 4 is 44.3 Å². The van der Waals surface area contributed by atoms with Crippen molar-refractivity contribution < 1.29 is 13.2 Å². The maximum Gasteiger partial charge on any atom is 0.247 e. The standard InChI is InChI=1S/C27H29ClN6O3S/c1-18-15-25-26(17-22(18)23-16-20(37-2)7-10-24(23)28)32-33-27(31-25)30-19-5-8-21(9-6-19)38(35,36)29-11-14-34-12-3-4-13-34/h5-10,15-17,29H,3-4,11-14H2,1-2H3,(H,30,31,33). The molecule has 1 aliphatic rings. The number of ether oxygens (including phenoxy) is 1. The number of rotatable bonds is 9. The minimum absolute atomic E-state index is 0.210. The van der Waals surface area contributed by atoms with Gasteiger partial charge in [-0.05, 0) is 98.6 Å². The summed E-state index contributed by atoms with van der Waals surface area (Å²) in [6.45, 7) is 5.16. The van der Waals surface area contributed by atoms with Crippen molar-refractivity contribution in [1.82, 2.24) is 24.8 Å². The number of nitrogens with zero attached hydrogens (tertiary/aromatic N) is 4. The molecule has 1 aliphatic heterocycles. The number of likely N-dealkylation sites (tertiary alicyclic amines) is 1. The summed E-state index contributed by atoms with van der Waals surface area (Å²) < 4.78 is 33.3. The Morgan fingerprint density at radius 3 is 2.47 bits per heavy atom. The highest BCUT2D eigenvalue weighted by Crippen LogP contribution is 2.35. The maximum absolute atomic E-state index is 12.6. The Bertz CT molecular complexity index is 1560. The molecule has 0 radical (unpaired) electrons. The number of hydrogen-bond donors (Lipinski definition) is 2. The van der Waals surface area contributed by atoms with Crippen LogP contribution in [0.4, 0.5) is 11.6 Å². The lowest BCUT2D eigenvalue weighted by Crippen LogP contribution is -2.33. The van der Waals surface area contributed by atoms with Gasteiger partial charge >= 0.3 is 0 Å². The summed E-state index contributed by atoms with van der Waals surface area (Å²) in [4.78, 5) is 7.07. The molecule has 1 fully saturated rings. The van der Waals surface area contributed by atoms with Gasteiger partial charge in [0, 0.05) is 29.4 Å². The lowest BCUT2D eigenvalue weighted by atomic mass is 9.99. The number of sulfonamides is 1. The van der Waals surface area contributed by atoms with E-state index in [1.54, 1.807) is 37.4 Å². The van der Waals surface area contributed by atoms with E-state index in [4.69, 9.17) is 16.3 Å². The van der Waals surface area contributed by atoms with E-state index in [0.717, 1.165) is 36.3 Å². The second-order valence-corrected chi connectivity index (χ2v) is 11.4. The highest BCUT2D eigenvalue weighted by Gasteiger charge is 2.16. The van der Waals surface area contributed by atoms with Gasteiger partial charge in [-0.1, -0.05) is 11.6 Å². The third kappa shape index (κ3) is 5.88. The van der Waals surface area contributed by atoms with Crippen LogP contribution < -0.4 is 14.8 Å². The fraction of sp³-hybridized carbons (Fsp3) is 0.296. The van der Waals surface area contributed by atoms with Crippen molar-refractivity contribution in [3.8, 4) is 16.9 Å². The molecule has 5 rings (SSSR count). The number of benzene rings is 3. The highest BCUT2D eigenvalue weighted by atomic mass is 35.5. The fourth-order valence-electron chi connectivity index (χ4n) is 4.54. The molecule has 0 amide bonds. The summed E-state index contributed by atoms with van der Waals surface area (Å²) in [5.74, 6) is 1.02. The van der Waals surface area contributed by atoms with Gasteiger partial charge in [0.15, 0.2) is 0 Å². The van der Waals surface area contributed by atoms with E-state index >= 15 is 0 Å². The summed E-state index contributed by atoms with van der Waals surface area (Å²) in [6, 6.07) is 15.8. The average molecular weight is 553 g/mol. The zero-order valence-electron chi connectivity index (χ0n) is 21.2. The highest BCUT2D eigenvalue weighted by molar-refractivity contribution is 7.89. The molecule has 11 heteroatoms. The Kier molecular flexibility index (Phi) is 7.75. The Morgan fingerprint density at radius 2 is 1.74 bits per heavy atom. The molecule has 0 unspecified atom stereocenters. The topological polar surface area (TPSA) is 109 Å². The number of anilines is 2. The Balaban J connectivity index is 1.29. The van der Waals surface area contributed by atoms with Crippen molar-refractivity contribution in [3.63, 3.8) is 0 Å². The summed E-state index contributed by atoms with van der Waals surface area (Å²) in [5.41, 5.74) is 4.68. The summed E-state index contributed by atoms with van der Waals surface area (Å²) in [6.07, 6.45) is 2.35. The van der Waals surface area contributed by atoms with Gasteiger partial charge in [0.1, 0.15) is 11.3 Å². The minimum atomic E-state index is -3.58. The number of aromatic nitrogens is 3. The predicted octanol–water partition coefficient (Wildman–Crippen LogP) is 4.78.